The molecule has 1 aliphatic carbocycles. The van der Waals surface area contributed by atoms with E-state index in [0.717, 1.165) is 5.92 Å². The molecule has 0 saturated heterocycles. The van der Waals surface area contributed by atoms with Crippen molar-refractivity contribution >= 4 is 0 Å². The minimum Gasteiger partial charge on any atom is -0.0776 e. The molecule has 94 valence electrons. The van der Waals surface area contributed by atoms with Crippen LogP contribution in [0.25, 0.3) is 0 Å². The Balaban J connectivity index is 0. The van der Waals surface area contributed by atoms with Gasteiger partial charge in [0.15, 0.2) is 0 Å². The topological polar surface area (TPSA) is 0 Å². The minimum absolute atomic E-state index is 0. The molecule has 0 radical (unpaired) electrons. The van der Waals surface area contributed by atoms with Crippen molar-refractivity contribution in [2.45, 2.75) is 92.4 Å². The van der Waals surface area contributed by atoms with Crippen molar-refractivity contribution in [1.82, 2.24) is 0 Å². The molecule has 1 fully saturated rings. The van der Waals surface area contributed by atoms with Crippen molar-refractivity contribution in [3.63, 3.8) is 0 Å². The Hall–Kier alpha value is 0. The highest BCUT2D eigenvalue weighted by molar-refractivity contribution is 4.65. The lowest BCUT2D eigenvalue weighted by Gasteiger charge is -2.21. The Labute approximate surface area is 98.9 Å². The molecule has 1 aliphatic rings. The minimum atomic E-state index is 0. The van der Waals surface area contributed by atoms with Gasteiger partial charge in [0.25, 0.3) is 0 Å². The van der Waals surface area contributed by atoms with E-state index in [1.165, 1.54) is 64.2 Å². The molecule has 0 spiro atoms. The predicted octanol–water partition coefficient (Wildman–Crippen LogP) is 6.20. The van der Waals surface area contributed by atoms with E-state index < -0.39 is 0 Å². The van der Waals surface area contributed by atoms with Gasteiger partial charge in [0.2, 0.25) is 0 Å². The summed E-state index contributed by atoms with van der Waals surface area (Å²) < 4.78 is 0. The third-order valence-electron chi connectivity index (χ3n) is 3.19. The van der Waals surface area contributed by atoms with Crippen LogP contribution in [-0.4, -0.2) is 0 Å². The van der Waals surface area contributed by atoms with Crippen molar-refractivity contribution in [3.8, 4) is 0 Å². The lowest BCUT2D eigenvalue weighted by molar-refractivity contribution is 0.328. The van der Waals surface area contributed by atoms with Crippen LogP contribution in [0.2, 0.25) is 0 Å². The zero-order valence-electron chi connectivity index (χ0n) is 10.6. The summed E-state index contributed by atoms with van der Waals surface area (Å²) in [6.45, 7) is 6.29. The van der Waals surface area contributed by atoms with Gasteiger partial charge in [-0.25, -0.2) is 0 Å². The number of unbranched alkanes of at least 4 members (excludes halogenated alkanes) is 3. The maximum atomic E-state index is 2.29. The molecule has 1 rings (SSSR count). The molecule has 1 saturated carbocycles. The summed E-state index contributed by atoms with van der Waals surface area (Å²) in [5.74, 6) is 1.11. The van der Waals surface area contributed by atoms with Crippen LogP contribution in [0.1, 0.15) is 92.4 Å². The molecule has 0 bridgehead atoms. The average molecular weight is 214 g/mol. The van der Waals surface area contributed by atoms with E-state index in [0.29, 0.717) is 0 Å². The molecular weight excluding hydrogens is 180 g/mol. The fourth-order valence-corrected chi connectivity index (χ4v) is 2.34. The molecule has 0 heteroatoms. The van der Waals surface area contributed by atoms with Gasteiger partial charge in [0.05, 0.1) is 0 Å². The van der Waals surface area contributed by atoms with E-state index in [4.69, 9.17) is 0 Å². The van der Waals surface area contributed by atoms with Crippen LogP contribution in [0.3, 0.4) is 0 Å². The maximum Gasteiger partial charge on any atom is -0.0414 e. The van der Waals surface area contributed by atoms with E-state index in [-0.39, 0.29) is 7.43 Å². The summed E-state index contributed by atoms with van der Waals surface area (Å²) in [4.78, 5) is 0. The normalized spacial score (nSPS) is 16.2. The van der Waals surface area contributed by atoms with Gasteiger partial charge in [-0.3, -0.25) is 0 Å². The van der Waals surface area contributed by atoms with Crippen molar-refractivity contribution in [1.29, 1.82) is 0 Å². The second-order valence-electron chi connectivity index (χ2n) is 4.35. The number of rotatable bonds is 5. The van der Waals surface area contributed by atoms with Crippen LogP contribution in [0, 0.1) is 5.92 Å². The van der Waals surface area contributed by atoms with Gasteiger partial charge < -0.3 is 0 Å². The van der Waals surface area contributed by atoms with Crippen molar-refractivity contribution < 1.29 is 0 Å². The first-order chi connectivity index (χ1) is 6.93. The van der Waals surface area contributed by atoms with Crippen LogP contribution < -0.4 is 0 Å². The summed E-state index contributed by atoms with van der Waals surface area (Å²) in [5.41, 5.74) is 0. The monoisotopic (exact) mass is 214 g/mol. The molecule has 15 heavy (non-hydrogen) atoms. The Bertz CT molecular complexity index is 90.2. The van der Waals surface area contributed by atoms with Gasteiger partial charge in [-0.2, -0.15) is 0 Å². The molecule has 0 atom stereocenters. The largest absolute Gasteiger partial charge is 0.0776 e. The molecule has 0 aromatic rings. The van der Waals surface area contributed by atoms with E-state index in [1.54, 1.807) is 0 Å². The quantitative estimate of drug-likeness (QED) is 0.478. The number of hydrogen-bond donors (Lipinski definition) is 0. The lowest BCUT2D eigenvalue weighted by atomic mass is 9.85. The second-order valence-corrected chi connectivity index (χ2v) is 4.35. The summed E-state index contributed by atoms with van der Waals surface area (Å²) in [6, 6.07) is 0. The highest BCUT2D eigenvalue weighted by atomic mass is 14.2. The Morgan fingerprint density at radius 3 is 2.00 bits per heavy atom. The number of hydrogen-bond acceptors (Lipinski definition) is 0. The average Bonchev–Trinajstić information content (AvgIpc) is 2.29. The molecule has 0 aromatic heterocycles. The third-order valence-corrected chi connectivity index (χ3v) is 3.19. The Kier molecular flexibility index (Phi) is 16.2. The smallest absolute Gasteiger partial charge is 0.0414 e. The highest BCUT2D eigenvalue weighted by Gasteiger charge is 2.11. The summed E-state index contributed by atoms with van der Waals surface area (Å²) >= 11 is 0. The van der Waals surface area contributed by atoms with Gasteiger partial charge in [0.1, 0.15) is 0 Å². The van der Waals surface area contributed by atoms with Gasteiger partial charge >= 0.3 is 0 Å². The van der Waals surface area contributed by atoms with E-state index in [1.807, 2.05) is 13.8 Å². The van der Waals surface area contributed by atoms with Gasteiger partial charge in [-0.05, 0) is 5.92 Å². The summed E-state index contributed by atoms with van der Waals surface area (Å²) in [7, 11) is 0. The SMILES string of the molecule is C.CC.CCCCCCC1CCCCC1. The van der Waals surface area contributed by atoms with Crippen molar-refractivity contribution in [2.75, 3.05) is 0 Å². The van der Waals surface area contributed by atoms with E-state index in [9.17, 15) is 0 Å². The first-order valence-corrected chi connectivity index (χ1v) is 6.93. The highest BCUT2D eigenvalue weighted by Crippen LogP contribution is 2.27. The van der Waals surface area contributed by atoms with Gasteiger partial charge in [-0.15, -0.1) is 0 Å². The fourth-order valence-electron chi connectivity index (χ4n) is 2.34. The predicted molar refractivity (Wildman–Crippen MR) is 73.4 cm³/mol. The zero-order chi connectivity index (χ0) is 10.6. The lowest BCUT2D eigenvalue weighted by Crippen LogP contribution is -2.05. The van der Waals surface area contributed by atoms with Gasteiger partial charge in [-0.1, -0.05) is 92.4 Å². The molecule has 0 aliphatic heterocycles. The molecule has 0 unspecified atom stereocenters. The van der Waals surface area contributed by atoms with E-state index in [2.05, 4.69) is 6.92 Å². The summed E-state index contributed by atoms with van der Waals surface area (Å²) in [5, 5.41) is 0. The van der Waals surface area contributed by atoms with Crippen LogP contribution in [0.5, 0.6) is 0 Å². The molecule has 0 amide bonds. The standard InChI is InChI=1S/C12H24.C2H6.CH4/c1-2-3-4-6-9-12-10-7-5-8-11-12;1-2;/h12H,2-11H2,1H3;1-2H3;1H4. The zero-order valence-corrected chi connectivity index (χ0v) is 10.6. The molecule has 0 nitrogen and oxygen atoms in total. The summed E-state index contributed by atoms with van der Waals surface area (Å²) in [6.07, 6.45) is 14.9. The van der Waals surface area contributed by atoms with Crippen LogP contribution in [-0.2, 0) is 0 Å². The Morgan fingerprint density at radius 2 is 1.47 bits per heavy atom. The van der Waals surface area contributed by atoms with Gasteiger partial charge in [0, 0.05) is 0 Å². The van der Waals surface area contributed by atoms with E-state index >= 15 is 0 Å². The van der Waals surface area contributed by atoms with Crippen LogP contribution in [0.4, 0.5) is 0 Å². The van der Waals surface area contributed by atoms with Crippen LogP contribution >= 0.6 is 0 Å². The second kappa shape index (κ2) is 14.0. The fraction of sp³-hybridized carbons (Fsp3) is 1.00. The van der Waals surface area contributed by atoms with Crippen LogP contribution in [0.15, 0.2) is 0 Å². The molecule has 0 N–H and O–H groups in total. The Morgan fingerprint density at radius 1 is 0.867 bits per heavy atom. The first-order valence-electron chi connectivity index (χ1n) is 6.93. The third kappa shape index (κ3) is 10.3. The molecule has 0 aromatic carbocycles. The molecule has 0 heterocycles. The molecular formula is C15H34. The van der Waals surface area contributed by atoms with Crippen molar-refractivity contribution in [2.24, 2.45) is 5.92 Å². The maximum absolute atomic E-state index is 2.29. The van der Waals surface area contributed by atoms with Crippen molar-refractivity contribution in [3.05, 3.63) is 0 Å². The first kappa shape index (κ1) is 17.4.